The lowest BCUT2D eigenvalue weighted by Crippen LogP contribution is -2.17. The SMILES string of the molecule is CC(C)(C)COc1ccc(NC(=O)c2cnn(-c3ccc(F)cc3)c2)cc1Br. The van der Waals surface area contributed by atoms with E-state index in [0.29, 0.717) is 23.5 Å². The summed E-state index contributed by atoms with van der Waals surface area (Å²) in [6, 6.07) is 11.3. The van der Waals surface area contributed by atoms with Crippen LogP contribution in [0.15, 0.2) is 59.3 Å². The van der Waals surface area contributed by atoms with Gasteiger partial charge < -0.3 is 10.1 Å². The average Bonchev–Trinajstić information content (AvgIpc) is 3.11. The van der Waals surface area contributed by atoms with Gasteiger partial charge in [0.05, 0.1) is 28.5 Å². The number of halogens is 2. The van der Waals surface area contributed by atoms with E-state index in [9.17, 15) is 9.18 Å². The van der Waals surface area contributed by atoms with E-state index in [1.165, 1.54) is 23.0 Å². The van der Waals surface area contributed by atoms with Crippen LogP contribution in [0.4, 0.5) is 10.1 Å². The number of amides is 1. The van der Waals surface area contributed by atoms with Gasteiger partial charge in [-0.1, -0.05) is 20.8 Å². The molecule has 0 atom stereocenters. The third-order valence-corrected chi connectivity index (χ3v) is 4.41. The van der Waals surface area contributed by atoms with Crippen LogP contribution in [0.1, 0.15) is 31.1 Å². The molecule has 5 nitrogen and oxygen atoms in total. The minimum atomic E-state index is -0.325. The van der Waals surface area contributed by atoms with Gasteiger partial charge in [0.1, 0.15) is 11.6 Å². The summed E-state index contributed by atoms with van der Waals surface area (Å²) in [5.74, 6) is 0.107. The van der Waals surface area contributed by atoms with Crippen LogP contribution in [-0.2, 0) is 0 Å². The molecule has 1 aromatic heterocycles. The number of ether oxygens (including phenoxy) is 1. The first-order valence-electron chi connectivity index (χ1n) is 8.76. The van der Waals surface area contributed by atoms with Crippen LogP contribution in [0.2, 0.25) is 0 Å². The number of hydrogen-bond donors (Lipinski definition) is 1. The molecule has 28 heavy (non-hydrogen) atoms. The van der Waals surface area contributed by atoms with E-state index >= 15 is 0 Å². The lowest BCUT2D eigenvalue weighted by molar-refractivity contribution is 0.102. The van der Waals surface area contributed by atoms with Crippen molar-refractivity contribution in [2.45, 2.75) is 20.8 Å². The van der Waals surface area contributed by atoms with E-state index < -0.39 is 0 Å². The molecule has 1 heterocycles. The van der Waals surface area contributed by atoms with E-state index in [0.717, 1.165) is 10.2 Å². The summed E-state index contributed by atoms with van der Waals surface area (Å²) < 4.78 is 21.1. The number of hydrogen-bond acceptors (Lipinski definition) is 3. The summed E-state index contributed by atoms with van der Waals surface area (Å²) >= 11 is 3.48. The van der Waals surface area contributed by atoms with Crippen molar-refractivity contribution >= 4 is 27.5 Å². The molecule has 0 radical (unpaired) electrons. The molecule has 0 spiro atoms. The Labute approximate surface area is 171 Å². The number of benzene rings is 2. The topological polar surface area (TPSA) is 56.1 Å². The molecule has 0 aliphatic carbocycles. The van der Waals surface area contributed by atoms with Crippen LogP contribution >= 0.6 is 15.9 Å². The Kier molecular flexibility index (Phi) is 5.84. The fraction of sp³-hybridized carbons (Fsp3) is 0.238. The molecule has 2 aromatic carbocycles. The second-order valence-electron chi connectivity index (χ2n) is 7.60. The molecule has 0 aliphatic rings. The molecule has 146 valence electrons. The highest BCUT2D eigenvalue weighted by Crippen LogP contribution is 2.30. The zero-order valence-corrected chi connectivity index (χ0v) is 17.5. The van der Waals surface area contributed by atoms with Gasteiger partial charge in [-0.15, -0.1) is 0 Å². The molecule has 7 heteroatoms. The summed E-state index contributed by atoms with van der Waals surface area (Å²) in [6.07, 6.45) is 3.06. The van der Waals surface area contributed by atoms with Crippen LogP contribution in [0.5, 0.6) is 5.75 Å². The van der Waals surface area contributed by atoms with Gasteiger partial charge in [0.2, 0.25) is 0 Å². The van der Waals surface area contributed by atoms with Crippen molar-refractivity contribution in [3.8, 4) is 11.4 Å². The fourth-order valence-corrected chi connectivity index (χ4v) is 2.86. The zero-order chi connectivity index (χ0) is 20.3. The van der Waals surface area contributed by atoms with Gasteiger partial charge in [0, 0.05) is 11.9 Å². The number of carbonyl (C=O) groups is 1. The molecule has 3 aromatic rings. The smallest absolute Gasteiger partial charge is 0.258 e. The maximum absolute atomic E-state index is 13.0. The van der Waals surface area contributed by atoms with Crippen molar-refractivity contribution in [1.82, 2.24) is 9.78 Å². The van der Waals surface area contributed by atoms with Crippen LogP contribution in [-0.4, -0.2) is 22.3 Å². The van der Waals surface area contributed by atoms with Crippen molar-refractivity contribution in [3.63, 3.8) is 0 Å². The first kappa shape index (κ1) is 20.1. The molecular weight excluding hydrogens is 425 g/mol. The van der Waals surface area contributed by atoms with E-state index in [1.54, 1.807) is 30.5 Å². The van der Waals surface area contributed by atoms with Gasteiger partial charge in [0.25, 0.3) is 5.91 Å². The highest BCUT2D eigenvalue weighted by atomic mass is 79.9. The van der Waals surface area contributed by atoms with Gasteiger partial charge in [-0.25, -0.2) is 9.07 Å². The number of nitrogens with zero attached hydrogens (tertiary/aromatic N) is 2. The van der Waals surface area contributed by atoms with Crippen LogP contribution in [0.3, 0.4) is 0 Å². The minimum Gasteiger partial charge on any atom is -0.492 e. The molecule has 0 saturated carbocycles. The summed E-state index contributed by atoms with van der Waals surface area (Å²) in [7, 11) is 0. The van der Waals surface area contributed by atoms with Crippen molar-refractivity contribution in [3.05, 3.63) is 70.7 Å². The van der Waals surface area contributed by atoms with Gasteiger partial charge in [-0.3, -0.25) is 4.79 Å². The largest absolute Gasteiger partial charge is 0.492 e. The second-order valence-corrected chi connectivity index (χ2v) is 8.45. The predicted molar refractivity (Wildman–Crippen MR) is 111 cm³/mol. The minimum absolute atomic E-state index is 0.0526. The molecule has 0 saturated heterocycles. The number of rotatable bonds is 5. The first-order chi connectivity index (χ1) is 13.2. The van der Waals surface area contributed by atoms with Crippen molar-refractivity contribution in [2.75, 3.05) is 11.9 Å². The van der Waals surface area contributed by atoms with E-state index in [-0.39, 0.29) is 17.1 Å². The first-order valence-corrected chi connectivity index (χ1v) is 9.55. The molecule has 1 N–H and O–H groups in total. The Hall–Kier alpha value is -2.67. The van der Waals surface area contributed by atoms with Crippen LogP contribution in [0, 0.1) is 11.2 Å². The van der Waals surface area contributed by atoms with E-state index in [1.807, 2.05) is 6.07 Å². The van der Waals surface area contributed by atoms with Gasteiger partial charge in [-0.2, -0.15) is 5.10 Å². The fourth-order valence-electron chi connectivity index (χ4n) is 2.37. The molecule has 0 aliphatic heterocycles. The van der Waals surface area contributed by atoms with Crippen LogP contribution < -0.4 is 10.1 Å². The summed E-state index contributed by atoms with van der Waals surface area (Å²) in [5, 5.41) is 7.00. The number of nitrogens with one attached hydrogen (secondary N) is 1. The molecule has 0 bridgehead atoms. The Bertz CT molecular complexity index is 978. The maximum atomic E-state index is 13.0. The number of carbonyl (C=O) groups excluding carboxylic acids is 1. The highest BCUT2D eigenvalue weighted by Gasteiger charge is 2.14. The average molecular weight is 446 g/mol. The third-order valence-electron chi connectivity index (χ3n) is 3.79. The highest BCUT2D eigenvalue weighted by molar-refractivity contribution is 9.10. The molecule has 1 amide bonds. The quantitative estimate of drug-likeness (QED) is 0.567. The Morgan fingerprint density at radius 3 is 2.57 bits per heavy atom. The number of anilines is 1. The number of aromatic nitrogens is 2. The Balaban J connectivity index is 1.68. The van der Waals surface area contributed by atoms with E-state index in [2.05, 4.69) is 47.1 Å². The Morgan fingerprint density at radius 2 is 1.93 bits per heavy atom. The normalized spacial score (nSPS) is 11.3. The van der Waals surface area contributed by atoms with Crippen LogP contribution in [0.25, 0.3) is 5.69 Å². The lowest BCUT2D eigenvalue weighted by atomic mass is 9.99. The maximum Gasteiger partial charge on any atom is 0.258 e. The standard InChI is InChI=1S/C21H21BrFN3O2/c1-21(2,3)13-28-19-9-6-16(10-18(19)22)25-20(27)14-11-24-26(12-14)17-7-4-15(23)5-8-17/h4-12H,13H2,1-3H3,(H,25,27). The Morgan fingerprint density at radius 1 is 1.21 bits per heavy atom. The van der Waals surface area contributed by atoms with Crippen molar-refractivity contribution in [2.24, 2.45) is 5.41 Å². The van der Waals surface area contributed by atoms with Gasteiger partial charge in [0.15, 0.2) is 0 Å². The molecule has 3 rings (SSSR count). The molecule has 0 fully saturated rings. The second kappa shape index (κ2) is 8.14. The monoisotopic (exact) mass is 445 g/mol. The predicted octanol–water partition coefficient (Wildman–Crippen LogP) is 5.45. The van der Waals surface area contributed by atoms with Gasteiger partial charge >= 0.3 is 0 Å². The van der Waals surface area contributed by atoms with Crippen molar-refractivity contribution < 1.29 is 13.9 Å². The lowest BCUT2D eigenvalue weighted by Gasteiger charge is -2.19. The van der Waals surface area contributed by atoms with Crippen molar-refractivity contribution in [1.29, 1.82) is 0 Å². The molecule has 0 unspecified atom stereocenters. The van der Waals surface area contributed by atoms with E-state index in [4.69, 9.17) is 4.74 Å². The zero-order valence-electron chi connectivity index (χ0n) is 15.9. The molecular formula is C21H21BrFN3O2. The van der Waals surface area contributed by atoms with Gasteiger partial charge in [-0.05, 0) is 63.8 Å². The third kappa shape index (κ3) is 5.19. The summed E-state index contributed by atoms with van der Waals surface area (Å²) in [4.78, 5) is 12.5. The summed E-state index contributed by atoms with van der Waals surface area (Å²) in [5.41, 5.74) is 1.75. The summed E-state index contributed by atoms with van der Waals surface area (Å²) in [6.45, 7) is 6.88.